The van der Waals surface area contributed by atoms with Gasteiger partial charge in [0.15, 0.2) is 0 Å². The van der Waals surface area contributed by atoms with Gasteiger partial charge in [-0.05, 0) is 56.2 Å². The zero-order chi connectivity index (χ0) is 10.2. The minimum Gasteiger partial charge on any atom is -0.316 e. The Morgan fingerprint density at radius 3 is 2.86 bits per heavy atom. The summed E-state index contributed by atoms with van der Waals surface area (Å²) in [7, 11) is 0. The smallest absolute Gasteiger partial charge is 0.0254 e. The molecule has 0 saturated heterocycles. The van der Waals surface area contributed by atoms with Crippen molar-refractivity contribution in [2.45, 2.75) is 25.7 Å². The van der Waals surface area contributed by atoms with Crippen molar-refractivity contribution in [1.29, 1.82) is 0 Å². The van der Waals surface area contributed by atoms with Gasteiger partial charge in [-0.15, -0.1) is 11.6 Å². The number of thioether (sulfide) groups is 1. The summed E-state index contributed by atoms with van der Waals surface area (Å²) in [5.41, 5.74) is 0. The molecular formula is C11H22ClNS. The quantitative estimate of drug-likeness (QED) is 0.538. The monoisotopic (exact) mass is 235 g/mol. The fourth-order valence-electron chi connectivity index (χ4n) is 2.21. The second kappa shape index (κ2) is 7.84. The highest BCUT2D eigenvalue weighted by Gasteiger charge is 2.25. The van der Waals surface area contributed by atoms with Gasteiger partial charge in [-0.3, -0.25) is 0 Å². The van der Waals surface area contributed by atoms with Crippen LogP contribution in [-0.2, 0) is 0 Å². The van der Waals surface area contributed by atoms with Crippen molar-refractivity contribution < 1.29 is 0 Å². The molecule has 1 fully saturated rings. The van der Waals surface area contributed by atoms with E-state index in [1.165, 1.54) is 44.5 Å². The van der Waals surface area contributed by atoms with Gasteiger partial charge in [-0.2, -0.15) is 11.8 Å². The van der Waals surface area contributed by atoms with E-state index < -0.39 is 0 Å². The zero-order valence-corrected chi connectivity index (χ0v) is 10.7. The zero-order valence-electron chi connectivity index (χ0n) is 9.10. The Morgan fingerprint density at radius 2 is 2.14 bits per heavy atom. The van der Waals surface area contributed by atoms with Crippen molar-refractivity contribution in [2.24, 2.45) is 11.8 Å². The molecule has 2 atom stereocenters. The lowest BCUT2D eigenvalue weighted by Gasteiger charge is -2.17. The molecule has 1 aliphatic carbocycles. The Kier molecular flexibility index (Phi) is 7.09. The number of hydrogen-bond acceptors (Lipinski definition) is 2. The predicted molar refractivity (Wildman–Crippen MR) is 67.4 cm³/mol. The molecular weight excluding hydrogens is 214 g/mol. The van der Waals surface area contributed by atoms with E-state index >= 15 is 0 Å². The molecule has 0 aromatic carbocycles. The molecule has 14 heavy (non-hydrogen) atoms. The summed E-state index contributed by atoms with van der Waals surface area (Å²) in [5, 5.41) is 3.55. The van der Waals surface area contributed by atoms with Gasteiger partial charge in [0.05, 0.1) is 0 Å². The summed E-state index contributed by atoms with van der Waals surface area (Å²) >= 11 is 7.86. The Balaban J connectivity index is 2.00. The van der Waals surface area contributed by atoms with Crippen molar-refractivity contribution in [3.63, 3.8) is 0 Å². The van der Waals surface area contributed by atoms with Gasteiger partial charge < -0.3 is 5.32 Å². The lowest BCUT2D eigenvalue weighted by molar-refractivity contribution is 0.397. The van der Waals surface area contributed by atoms with E-state index in [1.54, 1.807) is 0 Å². The summed E-state index contributed by atoms with van der Waals surface area (Å²) in [6, 6.07) is 0. The van der Waals surface area contributed by atoms with Gasteiger partial charge in [-0.1, -0.05) is 6.42 Å². The van der Waals surface area contributed by atoms with E-state index in [0.717, 1.165) is 17.7 Å². The molecule has 1 N–H and O–H groups in total. The standard InChI is InChI=1S/C11H22ClNS/c1-14-7-3-6-13-9-11-5-2-4-10(11)8-12/h10-11,13H,2-9H2,1H3. The second-order valence-corrected chi connectivity index (χ2v) is 5.45. The minimum atomic E-state index is 0.782. The van der Waals surface area contributed by atoms with Crippen LogP contribution in [0.4, 0.5) is 0 Å². The van der Waals surface area contributed by atoms with Crippen LogP contribution in [0.1, 0.15) is 25.7 Å². The Bertz CT molecular complexity index is 143. The summed E-state index contributed by atoms with van der Waals surface area (Å²) in [5.74, 6) is 3.76. The molecule has 84 valence electrons. The van der Waals surface area contributed by atoms with Crippen molar-refractivity contribution in [1.82, 2.24) is 5.32 Å². The average Bonchev–Trinajstić information content (AvgIpc) is 2.65. The molecule has 2 unspecified atom stereocenters. The van der Waals surface area contributed by atoms with Crippen LogP contribution in [-0.4, -0.2) is 31.0 Å². The first kappa shape index (κ1) is 12.7. The van der Waals surface area contributed by atoms with Crippen LogP contribution in [0.15, 0.2) is 0 Å². The highest BCUT2D eigenvalue weighted by atomic mass is 35.5. The molecule has 0 spiro atoms. The van der Waals surface area contributed by atoms with Crippen molar-refractivity contribution in [3.05, 3.63) is 0 Å². The fourth-order valence-corrected chi connectivity index (χ4v) is 3.05. The lowest BCUT2D eigenvalue weighted by atomic mass is 9.98. The van der Waals surface area contributed by atoms with Gasteiger partial charge in [0.1, 0.15) is 0 Å². The molecule has 1 aliphatic rings. The van der Waals surface area contributed by atoms with E-state index in [1.807, 2.05) is 11.8 Å². The van der Waals surface area contributed by atoms with Crippen LogP contribution < -0.4 is 5.32 Å². The third-order valence-corrected chi connectivity index (χ3v) is 4.22. The molecule has 0 aromatic heterocycles. The van der Waals surface area contributed by atoms with E-state index in [4.69, 9.17) is 11.6 Å². The van der Waals surface area contributed by atoms with E-state index in [2.05, 4.69) is 11.6 Å². The highest BCUT2D eigenvalue weighted by Crippen LogP contribution is 2.31. The third-order valence-electron chi connectivity index (χ3n) is 3.12. The largest absolute Gasteiger partial charge is 0.316 e. The summed E-state index contributed by atoms with van der Waals surface area (Å²) < 4.78 is 0. The maximum Gasteiger partial charge on any atom is 0.0254 e. The van der Waals surface area contributed by atoms with Gasteiger partial charge in [-0.25, -0.2) is 0 Å². The maximum absolute atomic E-state index is 5.93. The van der Waals surface area contributed by atoms with E-state index in [-0.39, 0.29) is 0 Å². The third kappa shape index (κ3) is 4.41. The number of nitrogens with one attached hydrogen (secondary N) is 1. The second-order valence-electron chi connectivity index (χ2n) is 4.16. The van der Waals surface area contributed by atoms with Crippen LogP contribution in [0.5, 0.6) is 0 Å². The summed E-state index contributed by atoms with van der Waals surface area (Å²) in [6.45, 7) is 2.36. The summed E-state index contributed by atoms with van der Waals surface area (Å²) in [4.78, 5) is 0. The van der Waals surface area contributed by atoms with Crippen LogP contribution in [0.25, 0.3) is 0 Å². The van der Waals surface area contributed by atoms with Crippen LogP contribution >= 0.6 is 23.4 Å². The first-order valence-electron chi connectivity index (χ1n) is 5.64. The van der Waals surface area contributed by atoms with E-state index in [0.29, 0.717) is 0 Å². The minimum absolute atomic E-state index is 0.782. The predicted octanol–water partition coefficient (Wildman–Crippen LogP) is 2.98. The van der Waals surface area contributed by atoms with Crippen molar-refractivity contribution >= 4 is 23.4 Å². The molecule has 0 aliphatic heterocycles. The summed E-state index contributed by atoms with van der Waals surface area (Å²) in [6.07, 6.45) is 7.57. The van der Waals surface area contributed by atoms with Crippen LogP contribution in [0.2, 0.25) is 0 Å². The normalized spacial score (nSPS) is 27.0. The molecule has 3 heteroatoms. The van der Waals surface area contributed by atoms with Gasteiger partial charge in [0.25, 0.3) is 0 Å². The molecule has 0 radical (unpaired) electrons. The fraction of sp³-hybridized carbons (Fsp3) is 1.00. The van der Waals surface area contributed by atoms with Crippen molar-refractivity contribution in [3.8, 4) is 0 Å². The number of hydrogen-bond donors (Lipinski definition) is 1. The van der Waals surface area contributed by atoms with E-state index in [9.17, 15) is 0 Å². The molecule has 1 rings (SSSR count). The number of halogens is 1. The molecule has 1 nitrogen and oxygen atoms in total. The average molecular weight is 236 g/mol. The first-order valence-corrected chi connectivity index (χ1v) is 7.57. The lowest BCUT2D eigenvalue weighted by Crippen LogP contribution is -2.27. The van der Waals surface area contributed by atoms with Gasteiger partial charge in [0.2, 0.25) is 0 Å². The molecule has 0 amide bonds. The topological polar surface area (TPSA) is 12.0 Å². The maximum atomic E-state index is 5.93. The van der Waals surface area contributed by atoms with Gasteiger partial charge >= 0.3 is 0 Å². The molecule has 0 bridgehead atoms. The van der Waals surface area contributed by atoms with Gasteiger partial charge in [0, 0.05) is 5.88 Å². The Labute approximate surface area is 97.4 Å². The van der Waals surface area contributed by atoms with Crippen LogP contribution in [0, 0.1) is 11.8 Å². The first-order chi connectivity index (χ1) is 6.88. The molecule has 0 aromatic rings. The highest BCUT2D eigenvalue weighted by molar-refractivity contribution is 7.98. The number of alkyl halides is 1. The number of rotatable bonds is 7. The molecule has 1 saturated carbocycles. The van der Waals surface area contributed by atoms with Crippen LogP contribution in [0.3, 0.4) is 0 Å². The van der Waals surface area contributed by atoms with Crippen molar-refractivity contribution in [2.75, 3.05) is 31.0 Å². The SMILES string of the molecule is CSCCCNCC1CCCC1CCl. The Morgan fingerprint density at radius 1 is 1.36 bits per heavy atom. The Hall–Kier alpha value is 0.600. The molecule has 0 heterocycles.